The molecule has 3 aromatic carbocycles. The first kappa shape index (κ1) is 32.3. The topological polar surface area (TPSA) is 136 Å². The number of amides is 2. The normalized spacial score (nSPS) is 12.9. The number of methoxy groups -OCH3 is 1. The van der Waals surface area contributed by atoms with Gasteiger partial charge >= 0.3 is 24.8 Å². The van der Waals surface area contributed by atoms with E-state index in [0.29, 0.717) is 47.4 Å². The van der Waals surface area contributed by atoms with Crippen molar-refractivity contribution in [3.05, 3.63) is 78.5 Å². The van der Waals surface area contributed by atoms with Gasteiger partial charge < -0.3 is 30.0 Å². The molecule has 44 heavy (non-hydrogen) atoms. The van der Waals surface area contributed by atoms with E-state index in [1.54, 1.807) is 18.2 Å². The third-order valence-corrected chi connectivity index (χ3v) is 6.91. The van der Waals surface area contributed by atoms with Crippen molar-refractivity contribution in [2.75, 3.05) is 24.4 Å². The first-order chi connectivity index (χ1) is 20.7. The second kappa shape index (κ2) is 13.8. The molecule has 0 aliphatic heterocycles. The number of rotatable bonds is 12. The molecule has 10 nitrogen and oxygen atoms in total. The number of nitrogens with one attached hydrogen (secondary N) is 2. The molecule has 5 rings (SSSR count). The number of benzene rings is 3. The summed E-state index contributed by atoms with van der Waals surface area (Å²) in [5, 5.41) is 14.5. The van der Waals surface area contributed by atoms with Crippen LogP contribution in [0.3, 0.4) is 0 Å². The molecule has 1 fully saturated rings. The number of hydrogen-bond acceptors (Lipinski definition) is 7. The number of carboxylic acid groups (broad SMARTS) is 1. The molecule has 0 radical (unpaired) electrons. The standard InChI is InChI=1S/C31H27F2N3O7.Li.H/c1-41-26-16-21-23(17-27(26)42-14-2-3-28(37)38)34-13-10-24(21)43-25-9-8-20(15-22(25)33)36-30(40)31(11-12-31)29(39)35-19-6-4-18(32)5-7-19;;/h4-10,13,15-17H,2-3,11-12,14H2,1H3,(H,35,39)(H,36,40)(H,37,38);;. The summed E-state index contributed by atoms with van der Waals surface area (Å²) in [5.41, 5.74) is -0.321. The zero-order valence-electron chi connectivity index (χ0n) is 23.0. The molecule has 0 spiro atoms. The van der Waals surface area contributed by atoms with E-state index in [1.807, 2.05) is 0 Å². The van der Waals surface area contributed by atoms with Crippen LogP contribution >= 0.6 is 0 Å². The molecule has 13 heteroatoms. The molecule has 1 saturated carbocycles. The average molecular weight is 600 g/mol. The zero-order valence-corrected chi connectivity index (χ0v) is 23.0. The van der Waals surface area contributed by atoms with Crippen LogP contribution in [0.2, 0.25) is 0 Å². The number of nitrogens with zero attached hydrogens (tertiary/aromatic N) is 1. The monoisotopic (exact) mass is 599 g/mol. The van der Waals surface area contributed by atoms with Crippen LogP contribution in [-0.4, -0.2) is 60.5 Å². The SMILES string of the molecule is COc1cc2c(Oc3ccc(NC(=O)C4(C(=O)Nc5ccc(F)cc5)CC4)cc3F)ccnc2cc1OCCCC(=O)O.[LiH]. The summed E-state index contributed by atoms with van der Waals surface area (Å²) < 4.78 is 45.3. The van der Waals surface area contributed by atoms with Crippen LogP contribution < -0.4 is 24.8 Å². The number of hydrogen-bond donors (Lipinski definition) is 3. The summed E-state index contributed by atoms with van der Waals surface area (Å²) in [6, 6.07) is 13.9. The quantitative estimate of drug-likeness (QED) is 0.114. The van der Waals surface area contributed by atoms with Crippen molar-refractivity contribution in [1.29, 1.82) is 0 Å². The van der Waals surface area contributed by atoms with Gasteiger partial charge in [-0.25, -0.2) is 8.78 Å². The molecule has 1 aromatic heterocycles. The molecule has 224 valence electrons. The van der Waals surface area contributed by atoms with Gasteiger partial charge in [-0.2, -0.15) is 0 Å². The van der Waals surface area contributed by atoms with Crippen molar-refractivity contribution >= 4 is 58.9 Å². The van der Waals surface area contributed by atoms with Gasteiger partial charge in [-0.3, -0.25) is 19.4 Å². The Hall–Kier alpha value is -4.66. The molecule has 1 aliphatic carbocycles. The fourth-order valence-corrected chi connectivity index (χ4v) is 4.39. The molecule has 2 amide bonds. The molecular formula is C31H28F2LiN3O7. The van der Waals surface area contributed by atoms with E-state index < -0.39 is 34.8 Å². The van der Waals surface area contributed by atoms with Crippen molar-refractivity contribution in [1.82, 2.24) is 4.98 Å². The van der Waals surface area contributed by atoms with Crippen LogP contribution in [0.5, 0.6) is 23.0 Å². The number of halogens is 2. The fourth-order valence-electron chi connectivity index (χ4n) is 4.39. The third kappa shape index (κ3) is 7.27. The maximum absolute atomic E-state index is 15.1. The predicted molar refractivity (Wildman–Crippen MR) is 160 cm³/mol. The Morgan fingerprint density at radius 3 is 2.20 bits per heavy atom. The average Bonchev–Trinajstić information content (AvgIpc) is 3.80. The Morgan fingerprint density at radius 2 is 1.57 bits per heavy atom. The molecule has 0 bridgehead atoms. The van der Waals surface area contributed by atoms with Gasteiger partial charge in [0.25, 0.3) is 0 Å². The number of fused-ring (bicyclic) bond motifs is 1. The molecule has 0 atom stereocenters. The molecule has 0 saturated heterocycles. The first-order valence-electron chi connectivity index (χ1n) is 13.4. The summed E-state index contributed by atoms with van der Waals surface area (Å²) in [5.74, 6) is -2.33. The fraction of sp³-hybridized carbons (Fsp3) is 0.226. The minimum absolute atomic E-state index is 0. The van der Waals surface area contributed by atoms with E-state index in [9.17, 15) is 18.8 Å². The van der Waals surface area contributed by atoms with Crippen LogP contribution in [0.15, 0.2) is 66.9 Å². The summed E-state index contributed by atoms with van der Waals surface area (Å²) in [4.78, 5) is 40.8. The van der Waals surface area contributed by atoms with Gasteiger partial charge in [0.05, 0.1) is 19.2 Å². The van der Waals surface area contributed by atoms with Crippen LogP contribution in [0.1, 0.15) is 25.7 Å². The van der Waals surface area contributed by atoms with Crippen molar-refractivity contribution in [2.24, 2.45) is 5.41 Å². The van der Waals surface area contributed by atoms with Gasteiger partial charge in [-0.15, -0.1) is 0 Å². The first-order valence-corrected chi connectivity index (χ1v) is 13.4. The van der Waals surface area contributed by atoms with Gasteiger partial charge in [0.1, 0.15) is 17.0 Å². The van der Waals surface area contributed by atoms with Crippen molar-refractivity contribution in [3.63, 3.8) is 0 Å². The van der Waals surface area contributed by atoms with E-state index >= 15 is 4.39 Å². The zero-order chi connectivity index (χ0) is 30.6. The maximum atomic E-state index is 15.1. The second-order valence-corrected chi connectivity index (χ2v) is 9.92. The van der Waals surface area contributed by atoms with Gasteiger partial charge in [-0.1, -0.05) is 0 Å². The van der Waals surface area contributed by atoms with E-state index in [-0.39, 0.29) is 49.1 Å². The molecule has 3 N–H and O–H groups in total. The van der Waals surface area contributed by atoms with Crippen LogP contribution in [0.25, 0.3) is 10.9 Å². The molecule has 1 aliphatic rings. The predicted octanol–water partition coefficient (Wildman–Crippen LogP) is 5.27. The number of carbonyl (C=O) groups is 3. The Bertz CT molecular complexity index is 1700. The summed E-state index contributed by atoms with van der Waals surface area (Å²) >= 11 is 0. The number of carboxylic acids is 1. The van der Waals surface area contributed by atoms with Crippen molar-refractivity contribution in [2.45, 2.75) is 25.7 Å². The van der Waals surface area contributed by atoms with Crippen molar-refractivity contribution < 1.29 is 42.5 Å². The number of aromatic nitrogens is 1. The Kier molecular flexibility index (Phi) is 10.1. The molecule has 1 heterocycles. The van der Waals surface area contributed by atoms with Gasteiger partial charge in [0.2, 0.25) is 11.8 Å². The number of ether oxygens (including phenoxy) is 3. The van der Waals surface area contributed by atoms with E-state index in [4.69, 9.17) is 19.3 Å². The van der Waals surface area contributed by atoms with E-state index in [0.717, 1.165) is 6.07 Å². The van der Waals surface area contributed by atoms with Gasteiger partial charge in [-0.05, 0) is 67.8 Å². The van der Waals surface area contributed by atoms with Gasteiger partial charge in [0, 0.05) is 41.5 Å². The van der Waals surface area contributed by atoms with E-state index in [2.05, 4.69) is 15.6 Å². The van der Waals surface area contributed by atoms with E-state index in [1.165, 1.54) is 49.7 Å². The van der Waals surface area contributed by atoms with Crippen molar-refractivity contribution in [3.8, 4) is 23.0 Å². The number of aliphatic carboxylic acids is 1. The number of pyridine rings is 1. The summed E-state index contributed by atoms with van der Waals surface area (Å²) in [7, 11) is 1.45. The van der Waals surface area contributed by atoms with Gasteiger partial charge in [0.15, 0.2) is 23.1 Å². The minimum atomic E-state index is -1.30. The molecule has 0 unspecified atom stereocenters. The molecular weight excluding hydrogens is 571 g/mol. The Morgan fingerprint density at radius 1 is 0.886 bits per heavy atom. The Labute approximate surface area is 262 Å². The number of anilines is 2. The summed E-state index contributed by atoms with van der Waals surface area (Å²) in [6.45, 7) is 0.165. The third-order valence-electron chi connectivity index (χ3n) is 6.91. The van der Waals surface area contributed by atoms with Crippen LogP contribution in [0, 0.1) is 17.0 Å². The second-order valence-electron chi connectivity index (χ2n) is 9.92. The summed E-state index contributed by atoms with van der Waals surface area (Å²) in [6.07, 6.45) is 2.41. The van der Waals surface area contributed by atoms with Crippen LogP contribution in [0.4, 0.5) is 20.2 Å². The number of carbonyl (C=O) groups excluding carboxylic acids is 2. The molecule has 4 aromatic rings. The van der Waals surface area contributed by atoms with Crippen LogP contribution in [-0.2, 0) is 14.4 Å². The Balaban J connectivity index is 0.00000442.